The van der Waals surface area contributed by atoms with Gasteiger partial charge in [0.05, 0.1) is 19.1 Å². The number of furan rings is 1. The molecule has 1 unspecified atom stereocenters. The van der Waals surface area contributed by atoms with Gasteiger partial charge < -0.3 is 29.6 Å². The Labute approximate surface area is 201 Å². The first-order chi connectivity index (χ1) is 14.6. The summed E-state index contributed by atoms with van der Waals surface area (Å²) < 4.78 is 10.9. The van der Waals surface area contributed by atoms with Crippen LogP contribution in [-0.2, 0) is 11.2 Å². The number of halogens is 1. The quantitative estimate of drug-likeness (QED) is 0.304. The zero-order chi connectivity index (χ0) is 21.3. The fraction of sp³-hybridized carbons (Fsp3) is 0.455. The number of benzene rings is 1. The van der Waals surface area contributed by atoms with Crippen molar-refractivity contribution in [1.82, 2.24) is 15.5 Å². The molecule has 3 rings (SSSR count). The van der Waals surface area contributed by atoms with Crippen LogP contribution < -0.4 is 20.3 Å². The van der Waals surface area contributed by atoms with Gasteiger partial charge in [-0.3, -0.25) is 4.79 Å². The molecule has 2 aromatic rings. The summed E-state index contributed by atoms with van der Waals surface area (Å²) in [4.78, 5) is 20.3. The van der Waals surface area contributed by atoms with E-state index in [0.717, 1.165) is 43.1 Å². The minimum Gasteiger partial charge on any atom is -0.495 e. The third kappa shape index (κ3) is 7.34. The van der Waals surface area contributed by atoms with Gasteiger partial charge in [-0.25, -0.2) is 4.99 Å². The van der Waals surface area contributed by atoms with Crippen LogP contribution in [-0.4, -0.2) is 70.2 Å². The van der Waals surface area contributed by atoms with Crippen LogP contribution in [0.15, 0.2) is 52.1 Å². The second-order valence-corrected chi connectivity index (χ2v) is 7.46. The number of para-hydroxylation sites is 2. The Balaban J connectivity index is 0.00000341. The molecule has 1 saturated heterocycles. The molecule has 8 nitrogen and oxygen atoms in total. The van der Waals surface area contributed by atoms with E-state index in [9.17, 15) is 4.79 Å². The first-order valence-electron chi connectivity index (χ1n) is 10.2. The molecule has 0 saturated carbocycles. The summed E-state index contributed by atoms with van der Waals surface area (Å²) in [5, 5.41) is 6.80. The molecule has 1 aliphatic heterocycles. The van der Waals surface area contributed by atoms with Crippen LogP contribution in [0.25, 0.3) is 0 Å². The second kappa shape index (κ2) is 12.4. The summed E-state index contributed by atoms with van der Waals surface area (Å²) in [5.74, 6) is 2.39. The zero-order valence-electron chi connectivity index (χ0n) is 18.3. The van der Waals surface area contributed by atoms with Gasteiger partial charge in [-0.1, -0.05) is 12.1 Å². The Hall–Kier alpha value is -2.43. The molecule has 1 atom stereocenters. The molecule has 0 radical (unpaired) electrons. The van der Waals surface area contributed by atoms with Gasteiger partial charge in [-0.15, -0.1) is 24.0 Å². The van der Waals surface area contributed by atoms with E-state index in [-0.39, 0.29) is 42.5 Å². The Morgan fingerprint density at radius 2 is 2.10 bits per heavy atom. The molecular formula is C22H32IN5O3. The predicted molar refractivity (Wildman–Crippen MR) is 134 cm³/mol. The highest BCUT2D eigenvalue weighted by molar-refractivity contribution is 14.0. The van der Waals surface area contributed by atoms with Gasteiger partial charge in [0.2, 0.25) is 5.91 Å². The third-order valence-corrected chi connectivity index (χ3v) is 5.07. The molecule has 1 fully saturated rings. The van der Waals surface area contributed by atoms with Crippen molar-refractivity contribution < 1.29 is 13.9 Å². The van der Waals surface area contributed by atoms with Crippen molar-refractivity contribution in [1.29, 1.82) is 0 Å². The summed E-state index contributed by atoms with van der Waals surface area (Å²) in [6.07, 6.45) is 3.38. The van der Waals surface area contributed by atoms with Crippen LogP contribution in [0.5, 0.6) is 5.75 Å². The lowest BCUT2D eigenvalue weighted by Gasteiger charge is -2.22. The number of anilines is 1. The molecule has 1 aromatic carbocycles. The SMILES string of the molecule is COc1ccccc1N1CCC(NC(=NCC(=O)N(C)C)NCCc2ccco2)C1.I. The molecule has 1 aromatic heterocycles. The Morgan fingerprint density at radius 1 is 1.29 bits per heavy atom. The number of hydrogen-bond donors (Lipinski definition) is 2. The molecule has 31 heavy (non-hydrogen) atoms. The average molecular weight is 541 g/mol. The maximum atomic E-state index is 12.0. The Bertz CT molecular complexity index is 841. The van der Waals surface area contributed by atoms with Crippen molar-refractivity contribution in [2.45, 2.75) is 18.9 Å². The van der Waals surface area contributed by atoms with E-state index >= 15 is 0 Å². The number of ether oxygens (including phenoxy) is 1. The summed E-state index contributed by atoms with van der Waals surface area (Å²) in [7, 11) is 5.16. The number of carbonyl (C=O) groups is 1. The van der Waals surface area contributed by atoms with Gasteiger partial charge in [0.1, 0.15) is 18.1 Å². The first kappa shape index (κ1) is 24.8. The van der Waals surface area contributed by atoms with Gasteiger partial charge in [0.25, 0.3) is 0 Å². The summed E-state index contributed by atoms with van der Waals surface area (Å²) in [5.41, 5.74) is 1.09. The fourth-order valence-corrected chi connectivity index (χ4v) is 3.38. The maximum Gasteiger partial charge on any atom is 0.243 e. The molecule has 1 aliphatic rings. The van der Waals surface area contributed by atoms with Crippen molar-refractivity contribution in [3.05, 3.63) is 48.4 Å². The number of likely N-dealkylation sites (N-methyl/N-ethyl adjacent to an activating group) is 1. The van der Waals surface area contributed by atoms with Crippen molar-refractivity contribution in [2.75, 3.05) is 52.3 Å². The summed E-state index contributed by atoms with van der Waals surface area (Å²) in [6.45, 7) is 2.53. The number of nitrogens with one attached hydrogen (secondary N) is 2. The van der Waals surface area contributed by atoms with Crippen molar-refractivity contribution >= 4 is 41.5 Å². The smallest absolute Gasteiger partial charge is 0.243 e. The Kier molecular flexibility index (Phi) is 9.96. The van der Waals surface area contributed by atoms with Crippen LogP contribution in [0, 0.1) is 0 Å². The minimum absolute atomic E-state index is 0. The number of methoxy groups -OCH3 is 1. The van der Waals surface area contributed by atoms with Crippen LogP contribution in [0.2, 0.25) is 0 Å². The highest BCUT2D eigenvalue weighted by Crippen LogP contribution is 2.30. The monoisotopic (exact) mass is 541 g/mol. The number of nitrogens with zero attached hydrogens (tertiary/aromatic N) is 3. The standard InChI is InChI=1S/C22H31N5O3.HI/c1-26(2)21(28)15-24-22(23-12-10-18-7-6-14-30-18)25-17-11-13-27(16-17)19-8-4-5-9-20(19)29-3;/h4-9,14,17H,10-13,15-16H2,1-3H3,(H2,23,24,25);1H. The van der Waals surface area contributed by atoms with E-state index < -0.39 is 0 Å². The van der Waals surface area contributed by atoms with Crippen LogP contribution in [0.4, 0.5) is 5.69 Å². The highest BCUT2D eigenvalue weighted by Gasteiger charge is 2.25. The number of amides is 1. The summed E-state index contributed by atoms with van der Waals surface area (Å²) >= 11 is 0. The van der Waals surface area contributed by atoms with Gasteiger partial charge >= 0.3 is 0 Å². The lowest BCUT2D eigenvalue weighted by molar-refractivity contribution is -0.127. The van der Waals surface area contributed by atoms with Gasteiger partial charge in [0.15, 0.2) is 5.96 Å². The van der Waals surface area contributed by atoms with Crippen LogP contribution in [0.1, 0.15) is 12.2 Å². The molecular weight excluding hydrogens is 509 g/mol. The zero-order valence-corrected chi connectivity index (χ0v) is 20.7. The number of hydrogen-bond acceptors (Lipinski definition) is 5. The van der Waals surface area contributed by atoms with Crippen LogP contribution in [0.3, 0.4) is 0 Å². The molecule has 2 N–H and O–H groups in total. The van der Waals surface area contributed by atoms with E-state index in [1.807, 2.05) is 30.3 Å². The molecule has 0 aliphatic carbocycles. The lowest BCUT2D eigenvalue weighted by Crippen LogP contribution is -2.45. The lowest BCUT2D eigenvalue weighted by atomic mass is 10.2. The second-order valence-electron chi connectivity index (χ2n) is 7.46. The van der Waals surface area contributed by atoms with Crippen LogP contribution >= 0.6 is 24.0 Å². The predicted octanol–water partition coefficient (Wildman–Crippen LogP) is 2.35. The van der Waals surface area contributed by atoms with Crippen molar-refractivity contribution in [2.24, 2.45) is 4.99 Å². The van der Waals surface area contributed by atoms with E-state index in [1.165, 1.54) is 0 Å². The molecule has 0 spiro atoms. The van der Waals surface area contributed by atoms with E-state index in [4.69, 9.17) is 9.15 Å². The average Bonchev–Trinajstić information content (AvgIpc) is 3.43. The van der Waals surface area contributed by atoms with Crippen molar-refractivity contribution in [3.8, 4) is 5.75 Å². The normalized spacial score (nSPS) is 15.9. The number of aliphatic imine (C=N–C) groups is 1. The molecule has 170 valence electrons. The molecule has 1 amide bonds. The van der Waals surface area contributed by atoms with Gasteiger partial charge in [-0.05, 0) is 30.7 Å². The number of rotatable bonds is 8. The van der Waals surface area contributed by atoms with Gasteiger partial charge in [0, 0.05) is 46.2 Å². The maximum absolute atomic E-state index is 12.0. The Morgan fingerprint density at radius 3 is 2.81 bits per heavy atom. The van der Waals surface area contributed by atoms with E-state index in [0.29, 0.717) is 12.5 Å². The fourth-order valence-electron chi connectivity index (χ4n) is 3.38. The first-order valence-corrected chi connectivity index (χ1v) is 10.2. The minimum atomic E-state index is -0.0378. The van der Waals surface area contributed by atoms with E-state index in [1.54, 1.807) is 32.4 Å². The third-order valence-electron chi connectivity index (χ3n) is 5.07. The largest absolute Gasteiger partial charge is 0.495 e. The highest BCUT2D eigenvalue weighted by atomic mass is 127. The van der Waals surface area contributed by atoms with Gasteiger partial charge in [-0.2, -0.15) is 0 Å². The van der Waals surface area contributed by atoms with Crippen molar-refractivity contribution in [3.63, 3.8) is 0 Å². The number of guanidine groups is 1. The molecule has 0 bridgehead atoms. The summed E-state index contributed by atoms with van der Waals surface area (Å²) in [6, 6.07) is 12.1. The topological polar surface area (TPSA) is 82.3 Å². The number of carbonyl (C=O) groups excluding carboxylic acids is 1. The molecule has 9 heteroatoms. The molecule has 2 heterocycles. The van der Waals surface area contributed by atoms with E-state index in [2.05, 4.69) is 26.6 Å².